The van der Waals surface area contributed by atoms with Crippen LogP contribution in [0.25, 0.3) is 0 Å². The van der Waals surface area contributed by atoms with Crippen LogP contribution < -0.4 is 4.74 Å². The predicted octanol–water partition coefficient (Wildman–Crippen LogP) is 3.96. The Morgan fingerprint density at radius 1 is 1.10 bits per heavy atom. The van der Waals surface area contributed by atoms with Crippen LogP contribution in [-0.2, 0) is 17.6 Å². The highest BCUT2D eigenvalue weighted by atomic mass is 35.5. The number of carbonyl (C=O) groups excluding carboxylic acids is 1. The van der Waals surface area contributed by atoms with E-state index < -0.39 is 17.8 Å². The molecule has 0 aliphatic carbocycles. The fraction of sp³-hybridized carbons (Fsp3) is 0.238. The van der Waals surface area contributed by atoms with Crippen molar-refractivity contribution in [1.82, 2.24) is 10.1 Å². The highest BCUT2D eigenvalue weighted by Gasteiger charge is 2.24. The summed E-state index contributed by atoms with van der Waals surface area (Å²) in [6.07, 6.45) is 0.835. The number of rotatable bonds is 9. The summed E-state index contributed by atoms with van der Waals surface area (Å²) in [5.74, 6) is -1.32. The van der Waals surface area contributed by atoms with Crippen molar-refractivity contribution in [3.8, 4) is 5.75 Å². The molecule has 1 atom stereocenters. The number of ketones is 1. The lowest BCUT2D eigenvalue weighted by molar-refractivity contribution is -0.118. The molecule has 0 aliphatic heterocycles. The van der Waals surface area contributed by atoms with Crippen LogP contribution in [0.2, 0.25) is 5.02 Å². The molecule has 1 aromatic heterocycles. The minimum atomic E-state index is -1.31. The zero-order valence-corrected chi connectivity index (χ0v) is 16.4. The molecule has 1 N–H and O–H groups in total. The van der Waals surface area contributed by atoms with E-state index in [0.29, 0.717) is 11.4 Å². The van der Waals surface area contributed by atoms with Gasteiger partial charge in [0.1, 0.15) is 11.5 Å². The van der Waals surface area contributed by atoms with Gasteiger partial charge in [0.15, 0.2) is 5.82 Å². The predicted molar refractivity (Wildman–Crippen MR) is 105 cm³/mol. The van der Waals surface area contributed by atoms with Crippen LogP contribution in [-0.4, -0.2) is 34.1 Å². The monoisotopic (exact) mass is 414 g/mol. The zero-order chi connectivity index (χ0) is 20.8. The average molecular weight is 415 g/mol. The van der Waals surface area contributed by atoms with E-state index in [1.54, 1.807) is 31.4 Å². The largest absolute Gasteiger partial charge is 0.497 e. The molecule has 0 radical (unpaired) electrons. The smallest absolute Gasteiger partial charge is 0.394 e. The number of ether oxygens (including phenoxy) is 1. The van der Waals surface area contributed by atoms with Crippen molar-refractivity contribution in [2.45, 2.75) is 25.2 Å². The molecule has 0 saturated heterocycles. The van der Waals surface area contributed by atoms with Crippen molar-refractivity contribution < 1.29 is 24.0 Å². The van der Waals surface area contributed by atoms with E-state index in [1.165, 1.54) is 0 Å². The summed E-state index contributed by atoms with van der Waals surface area (Å²) in [5, 5.41) is 13.4. The first-order valence-electron chi connectivity index (χ1n) is 8.90. The molecule has 29 heavy (non-hydrogen) atoms. The first-order valence-corrected chi connectivity index (χ1v) is 9.28. The van der Waals surface area contributed by atoms with E-state index in [2.05, 4.69) is 10.1 Å². The Kier molecular flexibility index (Phi) is 6.61. The number of Topliss-reactive ketones (excluding diaryl/α,β-unsaturated/α-hetero) is 1. The Morgan fingerprint density at radius 2 is 1.76 bits per heavy atom. The lowest BCUT2D eigenvalue weighted by Gasteiger charge is -2.13. The summed E-state index contributed by atoms with van der Waals surface area (Å²) in [5.41, 5.74) is 1.79. The second-order valence-corrected chi connectivity index (χ2v) is 6.99. The number of hydrogen-bond donors (Lipinski definition) is 1. The molecule has 1 heterocycles. The first kappa shape index (κ1) is 20.5. The second kappa shape index (κ2) is 9.34. The number of hydrogen-bond acceptors (Lipinski definition) is 6. The van der Waals surface area contributed by atoms with Crippen LogP contribution in [0.4, 0.5) is 0 Å². The first-order chi connectivity index (χ1) is 13.9. The Hall–Kier alpha value is -3.19. The van der Waals surface area contributed by atoms with Gasteiger partial charge in [-0.15, -0.1) is 0 Å². The third kappa shape index (κ3) is 5.65. The lowest BCUT2D eigenvalue weighted by atomic mass is 9.91. The molecule has 0 bridgehead atoms. The highest BCUT2D eigenvalue weighted by Crippen LogP contribution is 2.25. The molecule has 0 saturated carbocycles. The molecule has 1 unspecified atom stereocenters. The molecule has 7 nitrogen and oxygen atoms in total. The maximum absolute atomic E-state index is 12.7. The normalized spacial score (nSPS) is 11.8. The molecule has 0 amide bonds. The fourth-order valence-electron chi connectivity index (χ4n) is 2.97. The van der Waals surface area contributed by atoms with E-state index in [4.69, 9.17) is 26.0 Å². The molecule has 150 valence electrons. The summed E-state index contributed by atoms with van der Waals surface area (Å²) in [4.78, 5) is 27.7. The molecule has 8 heteroatoms. The molecule has 0 spiro atoms. The van der Waals surface area contributed by atoms with Crippen molar-refractivity contribution in [2.75, 3.05) is 7.11 Å². The summed E-state index contributed by atoms with van der Waals surface area (Å²) in [6.45, 7) is 0. The van der Waals surface area contributed by atoms with E-state index in [1.807, 2.05) is 24.3 Å². The van der Waals surface area contributed by atoms with Gasteiger partial charge in [0.2, 0.25) is 0 Å². The van der Waals surface area contributed by atoms with Gasteiger partial charge in [-0.3, -0.25) is 4.79 Å². The van der Waals surface area contributed by atoms with Crippen molar-refractivity contribution >= 4 is 23.4 Å². The number of benzene rings is 2. The van der Waals surface area contributed by atoms with Gasteiger partial charge >= 0.3 is 11.9 Å². The zero-order valence-electron chi connectivity index (χ0n) is 15.7. The maximum Gasteiger partial charge on any atom is 0.394 e. The highest BCUT2D eigenvalue weighted by molar-refractivity contribution is 6.30. The van der Waals surface area contributed by atoms with Crippen LogP contribution >= 0.6 is 11.6 Å². The summed E-state index contributed by atoms with van der Waals surface area (Å²) in [6, 6.07) is 14.5. The van der Waals surface area contributed by atoms with Crippen molar-refractivity contribution in [1.29, 1.82) is 0 Å². The number of carbonyl (C=O) groups is 2. The SMILES string of the molecule is COc1ccc(CC(CC(=O)Cc2ccc(Cl)cc2)c2noc(C(=O)O)n2)cc1. The van der Waals surface area contributed by atoms with E-state index in [-0.39, 0.29) is 24.4 Å². The van der Waals surface area contributed by atoms with Crippen LogP contribution in [0.3, 0.4) is 0 Å². The minimum absolute atomic E-state index is 0.0208. The van der Waals surface area contributed by atoms with Crippen molar-refractivity contribution in [3.63, 3.8) is 0 Å². The molecule has 0 aliphatic rings. The van der Waals surface area contributed by atoms with Crippen molar-refractivity contribution in [3.05, 3.63) is 76.4 Å². The van der Waals surface area contributed by atoms with Crippen LogP contribution in [0.1, 0.15) is 40.0 Å². The van der Waals surface area contributed by atoms with E-state index in [9.17, 15) is 9.59 Å². The summed E-state index contributed by atoms with van der Waals surface area (Å²) in [7, 11) is 1.58. The van der Waals surface area contributed by atoms with Gasteiger partial charge in [-0.1, -0.05) is 41.0 Å². The Labute approximate surface area is 172 Å². The van der Waals surface area contributed by atoms with Crippen LogP contribution in [0.15, 0.2) is 53.1 Å². The average Bonchev–Trinajstić information content (AvgIpc) is 3.20. The summed E-state index contributed by atoms with van der Waals surface area (Å²) < 4.78 is 9.95. The van der Waals surface area contributed by atoms with E-state index >= 15 is 0 Å². The van der Waals surface area contributed by atoms with E-state index in [0.717, 1.165) is 16.9 Å². The third-order valence-corrected chi connectivity index (χ3v) is 4.67. The standard InChI is InChI=1S/C21H19ClN2O5/c1-28-18-8-4-13(5-9-18)10-15(19-23-20(21(26)27)29-24-19)12-17(25)11-14-2-6-16(22)7-3-14/h2-9,15H,10-12H2,1H3,(H,26,27). The number of halogens is 1. The third-order valence-electron chi connectivity index (χ3n) is 4.42. The number of aromatic carboxylic acids is 1. The minimum Gasteiger partial charge on any atom is -0.497 e. The molecule has 0 fully saturated rings. The summed E-state index contributed by atoms with van der Waals surface area (Å²) >= 11 is 5.88. The Morgan fingerprint density at radius 3 is 2.34 bits per heavy atom. The number of carboxylic acids is 1. The lowest BCUT2D eigenvalue weighted by Crippen LogP contribution is -2.13. The molecule has 2 aromatic carbocycles. The topological polar surface area (TPSA) is 103 Å². The van der Waals surface area contributed by atoms with Gasteiger partial charge in [0, 0.05) is 23.8 Å². The molecule has 3 aromatic rings. The van der Waals surface area contributed by atoms with Gasteiger partial charge in [-0.05, 0) is 41.8 Å². The number of aromatic nitrogens is 2. The number of methoxy groups -OCH3 is 1. The van der Waals surface area contributed by atoms with Crippen molar-refractivity contribution in [2.24, 2.45) is 0 Å². The van der Waals surface area contributed by atoms with Crippen LogP contribution in [0.5, 0.6) is 5.75 Å². The number of nitrogens with zero attached hydrogens (tertiary/aromatic N) is 2. The molecular formula is C21H19ClN2O5. The number of carboxylic acid groups (broad SMARTS) is 1. The van der Waals surface area contributed by atoms with Gasteiger partial charge < -0.3 is 14.4 Å². The fourth-order valence-corrected chi connectivity index (χ4v) is 3.09. The van der Waals surface area contributed by atoms with Gasteiger partial charge in [-0.2, -0.15) is 4.98 Å². The Bertz CT molecular complexity index is 983. The molecular weight excluding hydrogens is 396 g/mol. The second-order valence-electron chi connectivity index (χ2n) is 6.56. The quantitative estimate of drug-likeness (QED) is 0.565. The van der Waals surface area contributed by atoms with Crippen LogP contribution in [0, 0.1) is 0 Å². The van der Waals surface area contributed by atoms with Gasteiger partial charge in [0.05, 0.1) is 7.11 Å². The van der Waals surface area contributed by atoms with Gasteiger partial charge in [0.25, 0.3) is 0 Å². The molecule has 3 rings (SSSR count). The Balaban J connectivity index is 1.77. The maximum atomic E-state index is 12.7. The van der Waals surface area contributed by atoms with Gasteiger partial charge in [-0.25, -0.2) is 4.79 Å².